The Morgan fingerprint density at radius 1 is 1.57 bits per heavy atom. The molecule has 4 atom stereocenters. The lowest BCUT2D eigenvalue weighted by atomic mass is 9.64. The largest absolute Gasteiger partial charge is 0.481 e. The molecule has 4 unspecified atom stereocenters. The molecule has 4 nitrogen and oxygen atoms in total. The van der Waals surface area contributed by atoms with Gasteiger partial charge in [0.25, 0.3) is 0 Å². The van der Waals surface area contributed by atoms with Gasteiger partial charge in [-0.15, -0.1) is 0 Å². The van der Waals surface area contributed by atoms with Gasteiger partial charge in [-0.1, -0.05) is 6.92 Å². The number of ether oxygens (including phenoxy) is 1. The van der Waals surface area contributed by atoms with Crippen LogP contribution in [0.3, 0.4) is 0 Å². The Balaban J connectivity index is 2.34. The third-order valence-corrected chi connectivity index (χ3v) is 3.39. The highest BCUT2D eigenvalue weighted by Gasteiger charge is 2.55. The van der Waals surface area contributed by atoms with E-state index in [2.05, 4.69) is 0 Å². The zero-order chi connectivity index (χ0) is 10.5. The number of carboxylic acid groups (broad SMARTS) is 1. The van der Waals surface area contributed by atoms with Gasteiger partial charge in [0.15, 0.2) is 0 Å². The van der Waals surface area contributed by atoms with Gasteiger partial charge in [-0.25, -0.2) is 0 Å². The molecule has 1 N–H and O–H groups in total. The standard InChI is InChI=1S/C10H14O4/c1-5-3-10(2)4-6(8(11)12)7(5)9(13)14-10/h5-7H,3-4H2,1-2H3,(H,11,12). The fourth-order valence-electron chi connectivity index (χ4n) is 2.91. The topological polar surface area (TPSA) is 63.6 Å². The summed E-state index contributed by atoms with van der Waals surface area (Å²) in [5.41, 5.74) is -0.547. The molecule has 1 aliphatic carbocycles. The van der Waals surface area contributed by atoms with Crippen LogP contribution in [-0.2, 0) is 14.3 Å². The van der Waals surface area contributed by atoms with E-state index in [4.69, 9.17) is 9.84 Å². The van der Waals surface area contributed by atoms with E-state index in [0.717, 1.165) is 6.42 Å². The number of carboxylic acids is 1. The summed E-state index contributed by atoms with van der Waals surface area (Å²) in [7, 11) is 0. The van der Waals surface area contributed by atoms with Crippen molar-refractivity contribution in [2.45, 2.75) is 32.3 Å². The summed E-state index contributed by atoms with van der Waals surface area (Å²) in [6.45, 7) is 3.76. The molecular formula is C10H14O4. The number of rotatable bonds is 1. The molecule has 2 heterocycles. The highest BCUT2D eigenvalue weighted by Crippen LogP contribution is 2.48. The van der Waals surface area contributed by atoms with Crippen LogP contribution < -0.4 is 0 Å². The molecule has 14 heavy (non-hydrogen) atoms. The van der Waals surface area contributed by atoms with Crippen molar-refractivity contribution in [3.8, 4) is 0 Å². The highest BCUT2D eigenvalue weighted by atomic mass is 16.6. The van der Waals surface area contributed by atoms with Gasteiger partial charge in [0.2, 0.25) is 0 Å². The molecule has 3 rings (SSSR count). The van der Waals surface area contributed by atoms with Gasteiger partial charge in [0.05, 0.1) is 11.8 Å². The third kappa shape index (κ3) is 1.21. The van der Waals surface area contributed by atoms with Crippen molar-refractivity contribution < 1.29 is 19.4 Å². The van der Waals surface area contributed by atoms with Crippen LogP contribution in [-0.4, -0.2) is 22.6 Å². The highest BCUT2D eigenvalue weighted by molar-refractivity contribution is 5.83. The van der Waals surface area contributed by atoms with Crippen molar-refractivity contribution in [2.24, 2.45) is 17.8 Å². The van der Waals surface area contributed by atoms with Crippen molar-refractivity contribution in [2.75, 3.05) is 0 Å². The van der Waals surface area contributed by atoms with Crippen molar-refractivity contribution >= 4 is 11.9 Å². The number of hydrogen-bond donors (Lipinski definition) is 1. The summed E-state index contributed by atoms with van der Waals surface area (Å²) < 4.78 is 5.22. The summed E-state index contributed by atoms with van der Waals surface area (Å²) in [4.78, 5) is 22.5. The predicted molar refractivity (Wildman–Crippen MR) is 47.5 cm³/mol. The average molecular weight is 198 g/mol. The van der Waals surface area contributed by atoms with Crippen LogP contribution in [0.5, 0.6) is 0 Å². The summed E-state index contributed by atoms with van der Waals surface area (Å²) in [5, 5.41) is 9.00. The predicted octanol–water partition coefficient (Wildman–Crippen LogP) is 1.05. The first-order valence-electron chi connectivity index (χ1n) is 4.89. The summed E-state index contributed by atoms with van der Waals surface area (Å²) in [6.07, 6.45) is 1.25. The monoisotopic (exact) mass is 198 g/mol. The van der Waals surface area contributed by atoms with E-state index in [1.54, 1.807) is 0 Å². The van der Waals surface area contributed by atoms with Gasteiger partial charge < -0.3 is 9.84 Å². The first-order valence-corrected chi connectivity index (χ1v) is 4.89. The number of carbonyl (C=O) groups is 2. The normalized spacial score (nSPS) is 46.1. The van der Waals surface area contributed by atoms with Gasteiger partial charge in [-0.2, -0.15) is 0 Å². The Morgan fingerprint density at radius 3 is 2.64 bits per heavy atom. The quantitative estimate of drug-likeness (QED) is 0.639. The molecule has 0 spiro atoms. The van der Waals surface area contributed by atoms with E-state index in [-0.39, 0.29) is 11.9 Å². The summed E-state index contributed by atoms with van der Waals surface area (Å²) >= 11 is 0. The molecule has 4 heteroatoms. The second-order valence-electron chi connectivity index (χ2n) is 4.73. The fraction of sp³-hybridized carbons (Fsp3) is 0.800. The number of carbonyl (C=O) groups excluding carboxylic acids is 1. The van der Waals surface area contributed by atoms with Gasteiger partial charge in [0.1, 0.15) is 5.60 Å². The molecule has 0 aromatic carbocycles. The molecule has 2 saturated heterocycles. The molecule has 1 saturated carbocycles. The van der Waals surface area contributed by atoms with Crippen molar-refractivity contribution in [1.29, 1.82) is 0 Å². The Hall–Kier alpha value is -1.06. The van der Waals surface area contributed by atoms with E-state index >= 15 is 0 Å². The van der Waals surface area contributed by atoms with Gasteiger partial charge >= 0.3 is 11.9 Å². The second kappa shape index (κ2) is 2.72. The van der Waals surface area contributed by atoms with E-state index in [1.807, 2.05) is 13.8 Å². The minimum atomic E-state index is -0.871. The molecule has 2 bridgehead atoms. The Bertz CT molecular complexity index is 298. The average Bonchev–Trinajstić information content (AvgIpc) is 1.99. The Labute approximate surface area is 82.2 Å². The number of fused-ring (bicyclic) bond motifs is 3. The van der Waals surface area contributed by atoms with E-state index in [0.29, 0.717) is 6.42 Å². The van der Waals surface area contributed by atoms with Crippen LogP contribution in [0.25, 0.3) is 0 Å². The lowest BCUT2D eigenvalue weighted by Gasteiger charge is -2.49. The molecule has 0 radical (unpaired) electrons. The minimum Gasteiger partial charge on any atom is -0.481 e. The van der Waals surface area contributed by atoms with Crippen LogP contribution in [0.4, 0.5) is 0 Å². The first-order chi connectivity index (χ1) is 6.43. The van der Waals surface area contributed by atoms with Crippen molar-refractivity contribution in [3.63, 3.8) is 0 Å². The smallest absolute Gasteiger partial charge is 0.310 e. The number of hydrogen-bond acceptors (Lipinski definition) is 3. The molecule has 3 fully saturated rings. The zero-order valence-corrected chi connectivity index (χ0v) is 8.32. The third-order valence-electron chi connectivity index (χ3n) is 3.39. The van der Waals surface area contributed by atoms with Crippen LogP contribution in [0.2, 0.25) is 0 Å². The van der Waals surface area contributed by atoms with E-state index < -0.39 is 23.4 Å². The van der Waals surface area contributed by atoms with Gasteiger partial charge in [-0.05, 0) is 19.3 Å². The molecule has 0 amide bonds. The van der Waals surface area contributed by atoms with E-state index in [1.165, 1.54) is 0 Å². The Kier molecular flexibility index (Phi) is 1.84. The number of aliphatic carboxylic acids is 1. The first kappa shape index (κ1) is 9.49. The van der Waals surface area contributed by atoms with Crippen LogP contribution in [0.1, 0.15) is 26.7 Å². The lowest BCUT2D eigenvalue weighted by Crippen LogP contribution is -2.56. The Morgan fingerprint density at radius 2 is 2.21 bits per heavy atom. The van der Waals surface area contributed by atoms with Crippen LogP contribution in [0, 0.1) is 17.8 Å². The lowest BCUT2D eigenvalue weighted by molar-refractivity contribution is -0.206. The summed E-state index contributed by atoms with van der Waals surface area (Å²) in [5.74, 6) is -2.07. The number of esters is 1. The molecule has 3 aliphatic rings. The SMILES string of the molecule is CC1CC2(C)CC(C(=O)O)C1C(=O)O2. The van der Waals surface area contributed by atoms with Crippen LogP contribution in [0.15, 0.2) is 0 Å². The van der Waals surface area contributed by atoms with Crippen molar-refractivity contribution in [1.82, 2.24) is 0 Å². The molecule has 0 aromatic heterocycles. The maximum Gasteiger partial charge on any atom is 0.310 e. The van der Waals surface area contributed by atoms with E-state index in [9.17, 15) is 9.59 Å². The van der Waals surface area contributed by atoms with Gasteiger partial charge in [-0.3, -0.25) is 9.59 Å². The second-order valence-corrected chi connectivity index (χ2v) is 4.73. The van der Waals surface area contributed by atoms with Crippen LogP contribution >= 0.6 is 0 Å². The summed E-state index contributed by atoms with van der Waals surface area (Å²) in [6, 6.07) is 0. The zero-order valence-electron chi connectivity index (χ0n) is 8.32. The molecular weight excluding hydrogens is 184 g/mol. The minimum absolute atomic E-state index is 0.121. The van der Waals surface area contributed by atoms with Crippen molar-refractivity contribution in [3.05, 3.63) is 0 Å². The molecule has 2 aliphatic heterocycles. The van der Waals surface area contributed by atoms with Gasteiger partial charge in [0, 0.05) is 6.42 Å². The maximum absolute atomic E-state index is 11.5. The molecule has 0 aromatic rings. The fourth-order valence-corrected chi connectivity index (χ4v) is 2.91. The molecule has 78 valence electrons. The maximum atomic E-state index is 11.5.